The van der Waals surface area contributed by atoms with Crippen LogP contribution < -0.4 is 5.32 Å². The summed E-state index contributed by atoms with van der Waals surface area (Å²) in [6.45, 7) is 0. The molecule has 1 aliphatic rings. The van der Waals surface area contributed by atoms with Gasteiger partial charge in [0.25, 0.3) is 0 Å². The van der Waals surface area contributed by atoms with Crippen molar-refractivity contribution in [1.29, 1.82) is 0 Å². The minimum Gasteiger partial charge on any atom is -0.478 e. The van der Waals surface area contributed by atoms with Gasteiger partial charge in [-0.15, -0.1) is 0 Å². The molecule has 0 fully saturated rings. The van der Waals surface area contributed by atoms with E-state index < -0.39 is 23.9 Å². The summed E-state index contributed by atoms with van der Waals surface area (Å²) in [5.74, 6) is -3.48. The van der Waals surface area contributed by atoms with Crippen molar-refractivity contribution in [3.05, 3.63) is 71.2 Å². The van der Waals surface area contributed by atoms with E-state index in [-0.39, 0.29) is 33.8 Å². The maximum absolute atomic E-state index is 11.5. The van der Waals surface area contributed by atoms with Gasteiger partial charge >= 0.3 is 17.9 Å². The fourth-order valence-electron chi connectivity index (χ4n) is 2.51. The summed E-state index contributed by atoms with van der Waals surface area (Å²) in [5, 5.41) is 30.5. The van der Waals surface area contributed by atoms with Gasteiger partial charge in [-0.3, -0.25) is 4.98 Å². The maximum atomic E-state index is 11.5. The number of carboxylic acids is 3. The SMILES string of the molecule is O=C(O)C1=CC(c2cc(C(=O)O)cc(-c3cc(C(=O)O)ccn3)n2)NC=C1. The summed E-state index contributed by atoms with van der Waals surface area (Å²) in [6.07, 6.45) is 5.50. The lowest BCUT2D eigenvalue weighted by atomic mass is 10.0. The number of carbonyl (C=O) groups is 3. The van der Waals surface area contributed by atoms with Gasteiger partial charge in [0.15, 0.2) is 0 Å². The number of nitrogens with zero attached hydrogens (tertiary/aromatic N) is 2. The molecular weight excluding hydrogens is 354 g/mol. The smallest absolute Gasteiger partial charge is 0.335 e. The first-order valence-corrected chi connectivity index (χ1v) is 7.68. The predicted molar refractivity (Wildman–Crippen MR) is 92.1 cm³/mol. The Balaban J connectivity index is 2.10. The van der Waals surface area contributed by atoms with Crippen molar-refractivity contribution in [1.82, 2.24) is 15.3 Å². The molecule has 3 rings (SSSR count). The third kappa shape index (κ3) is 3.82. The number of carboxylic acid groups (broad SMARTS) is 3. The highest BCUT2D eigenvalue weighted by atomic mass is 16.4. The number of aliphatic carboxylic acids is 1. The fourth-order valence-corrected chi connectivity index (χ4v) is 2.51. The van der Waals surface area contributed by atoms with Crippen molar-refractivity contribution in [2.45, 2.75) is 6.04 Å². The Kier molecular flexibility index (Phi) is 4.67. The van der Waals surface area contributed by atoms with Gasteiger partial charge in [-0.2, -0.15) is 0 Å². The molecule has 9 nitrogen and oxygen atoms in total. The van der Waals surface area contributed by atoms with E-state index in [9.17, 15) is 19.5 Å². The van der Waals surface area contributed by atoms with Crippen LogP contribution in [0.5, 0.6) is 0 Å². The van der Waals surface area contributed by atoms with Crippen LogP contribution in [0, 0.1) is 0 Å². The Morgan fingerprint density at radius 1 is 0.926 bits per heavy atom. The molecule has 136 valence electrons. The number of pyridine rings is 2. The van der Waals surface area contributed by atoms with Crippen molar-refractivity contribution in [3.63, 3.8) is 0 Å². The van der Waals surface area contributed by atoms with Gasteiger partial charge in [0.05, 0.1) is 39.8 Å². The molecule has 1 unspecified atom stereocenters. The van der Waals surface area contributed by atoms with E-state index in [1.165, 1.54) is 48.8 Å². The minimum atomic E-state index is -1.21. The van der Waals surface area contributed by atoms with Crippen LogP contribution in [0.3, 0.4) is 0 Å². The minimum absolute atomic E-state index is 0.0177. The number of hydrogen-bond acceptors (Lipinski definition) is 6. The third-order valence-corrected chi connectivity index (χ3v) is 3.81. The molecule has 0 bridgehead atoms. The lowest BCUT2D eigenvalue weighted by molar-refractivity contribution is -0.132. The van der Waals surface area contributed by atoms with E-state index in [2.05, 4.69) is 15.3 Å². The predicted octanol–water partition coefficient (Wildman–Crippen LogP) is 1.71. The van der Waals surface area contributed by atoms with Gasteiger partial charge in [-0.1, -0.05) is 0 Å². The standard InChI is InChI=1S/C18H13N3O6/c22-16(23)9-1-3-19-12(5-9)14-7-11(18(26)27)8-15(21-14)13-6-10(17(24)25)2-4-20-13/h1-8,12,19H,(H,22,23)(H,24,25)(H,26,27). The lowest BCUT2D eigenvalue weighted by Crippen LogP contribution is -2.20. The molecule has 0 aliphatic carbocycles. The summed E-state index contributed by atoms with van der Waals surface area (Å²) in [7, 11) is 0. The van der Waals surface area contributed by atoms with Gasteiger partial charge in [0.2, 0.25) is 0 Å². The number of aromatic nitrogens is 2. The first-order valence-electron chi connectivity index (χ1n) is 7.68. The van der Waals surface area contributed by atoms with Crippen LogP contribution in [0.1, 0.15) is 32.5 Å². The van der Waals surface area contributed by atoms with Crippen molar-refractivity contribution in [2.24, 2.45) is 0 Å². The van der Waals surface area contributed by atoms with E-state index in [1.807, 2.05) is 0 Å². The Hall–Kier alpha value is -4.01. The zero-order valence-electron chi connectivity index (χ0n) is 13.7. The zero-order chi connectivity index (χ0) is 19.6. The topological polar surface area (TPSA) is 150 Å². The van der Waals surface area contributed by atoms with Crippen LogP contribution in [0.15, 0.2) is 54.4 Å². The lowest BCUT2D eigenvalue weighted by Gasteiger charge is -2.18. The molecule has 1 atom stereocenters. The molecule has 2 aromatic rings. The number of dihydropyridines is 1. The van der Waals surface area contributed by atoms with Gasteiger partial charge < -0.3 is 20.6 Å². The molecule has 9 heteroatoms. The van der Waals surface area contributed by atoms with Gasteiger partial charge in [0.1, 0.15) is 0 Å². The molecule has 0 radical (unpaired) electrons. The van der Waals surface area contributed by atoms with Crippen LogP contribution in [0.25, 0.3) is 11.4 Å². The second kappa shape index (κ2) is 7.08. The van der Waals surface area contributed by atoms with Crippen molar-refractivity contribution >= 4 is 17.9 Å². The highest BCUT2D eigenvalue weighted by Crippen LogP contribution is 2.24. The molecule has 0 saturated heterocycles. The Morgan fingerprint density at radius 2 is 1.63 bits per heavy atom. The molecule has 0 saturated carbocycles. The van der Waals surface area contributed by atoms with Crippen molar-refractivity contribution < 1.29 is 29.7 Å². The summed E-state index contributed by atoms with van der Waals surface area (Å²) in [4.78, 5) is 42.2. The molecule has 3 heterocycles. The molecule has 2 aromatic heterocycles. The van der Waals surface area contributed by atoms with Crippen molar-refractivity contribution in [3.8, 4) is 11.4 Å². The van der Waals surface area contributed by atoms with Crippen LogP contribution in [-0.4, -0.2) is 43.2 Å². The fraction of sp³-hybridized carbons (Fsp3) is 0.0556. The summed E-state index contributed by atoms with van der Waals surface area (Å²) >= 11 is 0. The number of rotatable bonds is 5. The Morgan fingerprint density at radius 3 is 2.30 bits per heavy atom. The average molecular weight is 367 g/mol. The number of aromatic carboxylic acids is 2. The monoisotopic (exact) mass is 367 g/mol. The summed E-state index contributed by atoms with van der Waals surface area (Å²) < 4.78 is 0. The second-order valence-corrected chi connectivity index (χ2v) is 5.61. The normalized spacial score (nSPS) is 15.6. The molecule has 27 heavy (non-hydrogen) atoms. The van der Waals surface area contributed by atoms with Crippen LogP contribution in [-0.2, 0) is 4.79 Å². The zero-order valence-corrected chi connectivity index (χ0v) is 13.7. The van der Waals surface area contributed by atoms with E-state index >= 15 is 0 Å². The largest absolute Gasteiger partial charge is 0.478 e. The van der Waals surface area contributed by atoms with E-state index in [1.54, 1.807) is 0 Å². The average Bonchev–Trinajstić information content (AvgIpc) is 2.67. The van der Waals surface area contributed by atoms with Gasteiger partial charge in [-0.05, 0) is 42.6 Å². The Bertz CT molecular complexity index is 1010. The number of hydrogen-bond donors (Lipinski definition) is 4. The van der Waals surface area contributed by atoms with Gasteiger partial charge in [0, 0.05) is 6.20 Å². The van der Waals surface area contributed by atoms with E-state index in [4.69, 9.17) is 10.2 Å². The van der Waals surface area contributed by atoms with Crippen LogP contribution in [0.4, 0.5) is 0 Å². The van der Waals surface area contributed by atoms with Crippen LogP contribution in [0.2, 0.25) is 0 Å². The molecule has 1 aliphatic heterocycles. The molecule has 0 spiro atoms. The van der Waals surface area contributed by atoms with E-state index in [0.29, 0.717) is 0 Å². The van der Waals surface area contributed by atoms with E-state index in [0.717, 1.165) is 0 Å². The first kappa shape index (κ1) is 17.8. The first-order chi connectivity index (χ1) is 12.8. The van der Waals surface area contributed by atoms with Crippen molar-refractivity contribution in [2.75, 3.05) is 0 Å². The molecule has 4 N–H and O–H groups in total. The van der Waals surface area contributed by atoms with Gasteiger partial charge in [-0.25, -0.2) is 19.4 Å². The third-order valence-electron chi connectivity index (χ3n) is 3.81. The highest BCUT2D eigenvalue weighted by Gasteiger charge is 2.20. The molecule has 0 amide bonds. The van der Waals surface area contributed by atoms with Crippen LogP contribution >= 0.6 is 0 Å². The quantitative estimate of drug-likeness (QED) is 0.619. The second-order valence-electron chi connectivity index (χ2n) is 5.61. The molecular formula is C18H13N3O6. The number of nitrogens with one attached hydrogen (secondary N) is 1. The molecule has 0 aromatic carbocycles. The maximum Gasteiger partial charge on any atom is 0.335 e. The summed E-state index contributed by atoms with van der Waals surface area (Å²) in [6, 6.07) is 4.53. The highest BCUT2D eigenvalue weighted by molar-refractivity contribution is 5.91. The summed E-state index contributed by atoms with van der Waals surface area (Å²) in [5.41, 5.74) is 0.544. The Labute approximate surface area is 152 Å².